The molecule has 1 amide bonds. The molecule has 0 fully saturated rings. The summed E-state index contributed by atoms with van der Waals surface area (Å²) < 4.78 is 47.8. The van der Waals surface area contributed by atoms with Gasteiger partial charge in [-0.25, -0.2) is 8.42 Å². The normalized spacial score (nSPS) is 12.2. The molecule has 1 N–H and O–H groups in total. The molecule has 0 radical (unpaired) electrons. The van der Waals surface area contributed by atoms with Gasteiger partial charge in [0.25, 0.3) is 0 Å². The Labute approximate surface area is 189 Å². The van der Waals surface area contributed by atoms with E-state index < -0.39 is 15.9 Å². The van der Waals surface area contributed by atoms with Crippen LogP contribution in [-0.2, 0) is 14.8 Å². The number of ether oxygens (including phenoxy) is 4. The molecule has 2 aromatic carbocycles. The number of benzene rings is 2. The van der Waals surface area contributed by atoms with Crippen LogP contribution in [-0.4, -0.2) is 60.7 Å². The summed E-state index contributed by atoms with van der Waals surface area (Å²) in [7, 11) is 3.40. The third kappa shape index (κ3) is 5.63. The molecule has 176 valence electrons. The first-order valence-corrected chi connectivity index (χ1v) is 11.3. The first-order chi connectivity index (χ1) is 15.2. The molecule has 32 heavy (non-hydrogen) atoms. The number of carbonyl (C=O) groups excluding carboxylic acids is 1. The number of nitrogens with zero attached hydrogens (tertiary/aromatic N) is 1. The minimum absolute atomic E-state index is 0.00242. The van der Waals surface area contributed by atoms with Gasteiger partial charge < -0.3 is 24.3 Å². The summed E-state index contributed by atoms with van der Waals surface area (Å²) in [6.45, 7) is 1.58. The number of methoxy groups -OCH3 is 4. The molecule has 9 nitrogen and oxygen atoms in total. The van der Waals surface area contributed by atoms with Crippen LogP contribution in [0.5, 0.6) is 23.0 Å². The van der Waals surface area contributed by atoms with E-state index in [9.17, 15) is 13.2 Å². The van der Waals surface area contributed by atoms with E-state index in [1.807, 2.05) is 13.0 Å². The number of carbonyl (C=O) groups is 1. The zero-order valence-corrected chi connectivity index (χ0v) is 20.0. The zero-order chi connectivity index (χ0) is 23.9. The van der Waals surface area contributed by atoms with Crippen molar-refractivity contribution < 1.29 is 32.2 Å². The standard InChI is InChI=1S/C22H30N2O7S/c1-7-17(15-8-10-18(28-3)20(12-15)30-5)23-22(25)14-24(2)32(26,27)16-9-11-19(29-4)21(13-16)31-6/h8-13,17H,7,14H2,1-6H3,(H,23,25)/t17-/m1/s1. The van der Waals surface area contributed by atoms with Crippen LogP contribution in [0.1, 0.15) is 24.9 Å². The highest BCUT2D eigenvalue weighted by atomic mass is 32.2. The number of amides is 1. The predicted molar refractivity (Wildman–Crippen MR) is 120 cm³/mol. The van der Waals surface area contributed by atoms with Crippen LogP contribution in [0, 0.1) is 0 Å². The zero-order valence-electron chi connectivity index (χ0n) is 19.2. The van der Waals surface area contributed by atoms with Crippen molar-refractivity contribution in [3.05, 3.63) is 42.0 Å². The molecule has 0 aromatic heterocycles. The Balaban J connectivity index is 2.15. The van der Waals surface area contributed by atoms with Crippen molar-refractivity contribution in [2.45, 2.75) is 24.3 Å². The molecule has 1 atom stereocenters. The Morgan fingerprint density at radius 1 is 0.906 bits per heavy atom. The highest BCUT2D eigenvalue weighted by Crippen LogP contribution is 2.32. The second kappa shape index (κ2) is 11.1. The lowest BCUT2D eigenvalue weighted by molar-refractivity contribution is -0.121. The number of sulfonamides is 1. The van der Waals surface area contributed by atoms with Gasteiger partial charge in [0.15, 0.2) is 23.0 Å². The van der Waals surface area contributed by atoms with Crippen molar-refractivity contribution in [2.75, 3.05) is 42.0 Å². The van der Waals surface area contributed by atoms with Crippen molar-refractivity contribution in [2.24, 2.45) is 0 Å². The first kappa shape index (κ1) is 25.3. The molecular weight excluding hydrogens is 436 g/mol. The van der Waals surface area contributed by atoms with E-state index in [2.05, 4.69) is 5.32 Å². The second-order valence-corrected chi connectivity index (χ2v) is 8.97. The van der Waals surface area contributed by atoms with E-state index >= 15 is 0 Å². The van der Waals surface area contributed by atoms with Gasteiger partial charge in [0.2, 0.25) is 15.9 Å². The minimum Gasteiger partial charge on any atom is -0.493 e. The molecule has 0 spiro atoms. The lowest BCUT2D eigenvalue weighted by atomic mass is 10.0. The molecule has 0 unspecified atom stereocenters. The Morgan fingerprint density at radius 2 is 1.44 bits per heavy atom. The summed E-state index contributed by atoms with van der Waals surface area (Å²) in [6.07, 6.45) is 0.605. The third-order valence-corrected chi connectivity index (χ3v) is 6.78. The second-order valence-electron chi connectivity index (χ2n) is 6.92. The Bertz CT molecular complexity index is 1040. The van der Waals surface area contributed by atoms with Gasteiger partial charge in [0.1, 0.15) is 0 Å². The van der Waals surface area contributed by atoms with Crippen LogP contribution in [0.2, 0.25) is 0 Å². The highest BCUT2D eigenvalue weighted by Gasteiger charge is 2.25. The molecule has 10 heteroatoms. The topological polar surface area (TPSA) is 103 Å². The molecule has 0 heterocycles. The van der Waals surface area contributed by atoms with Crippen molar-refractivity contribution in [3.8, 4) is 23.0 Å². The maximum Gasteiger partial charge on any atom is 0.243 e. The fourth-order valence-corrected chi connectivity index (χ4v) is 4.32. The summed E-state index contributed by atoms with van der Waals surface area (Å²) in [6, 6.07) is 9.34. The van der Waals surface area contributed by atoms with Crippen LogP contribution in [0.3, 0.4) is 0 Å². The van der Waals surface area contributed by atoms with E-state index in [0.29, 0.717) is 23.7 Å². The van der Waals surface area contributed by atoms with Crippen molar-refractivity contribution in [1.82, 2.24) is 9.62 Å². The first-order valence-electron chi connectivity index (χ1n) is 9.91. The molecule has 2 rings (SSSR count). The summed E-state index contributed by atoms with van der Waals surface area (Å²) in [5.74, 6) is 1.39. The number of nitrogens with one attached hydrogen (secondary N) is 1. The molecule has 0 aliphatic carbocycles. The summed E-state index contributed by atoms with van der Waals surface area (Å²) in [5.41, 5.74) is 0.823. The number of hydrogen-bond donors (Lipinski definition) is 1. The van der Waals surface area contributed by atoms with Gasteiger partial charge in [-0.3, -0.25) is 4.79 Å². The number of likely N-dealkylation sites (N-methyl/N-ethyl adjacent to an activating group) is 1. The number of rotatable bonds is 11. The van der Waals surface area contributed by atoms with Gasteiger partial charge >= 0.3 is 0 Å². The molecule has 2 aromatic rings. The van der Waals surface area contributed by atoms with Gasteiger partial charge in [-0.05, 0) is 36.2 Å². The summed E-state index contributed by atoms with van der Waals surface area (Å²) in [4.78, 5) is 12.7. The predicted octanol–water partition coefficient (Wildman–Crippen LogP) is 2.61. The van der Waals surface area contributed by atoms with Crippen molar-refractivity contribution in [1.29, 1.82) is 0 Å². The van der Waals surface area contributed by atoms with Crippen LogP contribution in [0.15, 0.2) is 41.3 Å². The van der Waals surface area contributed by atoms with Crippen LogP contribution >= 0.6 is 0 Å². The fraction of sp³-hybridized carbons (Fsp3) is 0.409. The van der Waals surface area contributed by atoms with E-state index in [4.69, 9.17) is 18.9 Å². The Kier molecular flexibility index (Phi) is 8.73. The maximum atomic E-state index is 12.9. The van der Waals surface area contributed by atoms with Crippen LogP contribution in [0.4, 0.5) is 0 Å². The largest absolute Gasteiger partial charge is 0.493 e. The quantitative estimate of drug-likeness (QED) is 0.543. The van der Waals surface area contributed by atoms with E-state index in [-0.39, 0.29) is 23.2 Å². The molecule has 0 aliphatic rings. The maximum absolute atomic E-state index is 12.9. The minimum atomic E-state index is -3.92. The third-order valence-electron chi connectivity index (χ3n) is 4.98. The monoisotopic (exact) mass is 466 g/mol. The van der Waals surface area contributed by atoms with Gasteiger partial charge in [-0.1, -0.05) is 13.0 Å². The SMILES string of the molecule is CC[C@@H](NC(=O)CN(C)S(=O)(=O)c1ccc(OC)c(OC)c1)c1ccc(OC)c(OC)c1. The highest BCUT2D eigenvalue weighted by molar-refractivity contribution is 7.89. The summed E-state index contributed by atoms with van der Waals surface area (Å²) in [5, 5.41) is 2.88. The average Bonchev–Trinajstić information content (AvgIpc) is 2.81. The van der Waals surface area contributed by atoms with Gasteiger partial charge in [-0.15, -0.1) is 0 Å². The van der Waals surface area contributed by atoms with Gasteiger partial charge in [-0.2, -0.15) is 4.31 Å². The molecule has 0 aliphatic heterocycles. The average molecular weight is 467 g/mol. The Hall–Kier alpha value is -2.98. The molecular formula is C22H30N2O7S. The Morgan fingerprint density at radius 3 is 1.97 bits per heavy atom. The van der Waals surface area contributed by atoms with Gasteiger partial charge in [0, 0.05) is 13.1 Å². The lowest BCUT2D eigenvalue weighted by Gasteiger charge is -2.22. The number of hydrogen-bond acceptors (Lipinski definition) is 7. The molecule has 0 saturated carbocycles. The fourth-order valence-electron chi connectivity index (χ4n) is 3.17. The van der Waals surface area contributed by atoms with Crippen LogP contribution < -0.4 is 24.3 Å². The smallest absolute Gasteiger partial charge is 0.243 e. The molecule has 0 saturated heterocycles. The van der Waals surface area contributed by atoms with Crippen LogP contribution in [0.25, 0.3) is 0 Å². The molecule has 0 bridgehead atoms. The van der Waals surface area contributed by atoms with Crippen molar-refractivity contribution >= 4 is 15.9 Å². The van der Waals surface area contributed by atoms with Crippen molar-refractivity contribution in [3.63, 3.8) is 0 Å². The van der Waals surface area contributed by atoms with E-state index in [1.54, 1.807) is 19.2 Å². The van der Waals surface area contributed by atoms with E-state index in [0.717, 1.165) is 9.87 Å². The van der Waals surface area contributed by atoms with E-state index in [1.165, 1.54) is 46.6 Å². The lowest BCUT2D eigenvalue weighted by Crippen LogP contribution is -2.39. The summed E-state index contributed by atoms with van der Waals surface area (Å²) >= 11 is 0. The van der Waals surface area contributed by atoms with Gasteiger partial charge in [0.05, 0.1) is 45.9 Å².